The highest BCUT2D eigenvalue weighted by Gasteiger charge is 2.31. The van der Waals surface area contributed by atoms with Gasteiger partial charge < -0.3 is 20.3 Å². The van der Waals surface area contributed by atoms with Crippen molar-refractivity contribution in [1.29, 1.82) is 0 Å². The molecule has 1 unspecified atom stereocenters. The van der Waals surface area contributed by atoms with E-state index in [0.29, 0.717) is 31.4 Å². The molecule has 0 aromatic carbocycles. The molecule has 0 bridgehead atoms. The van der Waals surface area contributed by atoms with Crippen molar-refractivity contribution in [2.45, 2.75) is 38.6 Å². The van der Waals surface area contributed by atoms with Crippen LogP contribution in [0.5, 0.6) is 0 Å². The average Bonchev–Trinajstić information content (AvgIpc) is 3.25. The minimum Gasteiger partial charge on any atom is -0.465 e. The first-order valence-electron chi connectivity index (χ1n) is 10.8. The van der Waals surface area contributed by atoms with Crippen molar-refractivity contribution in [2.24, 2.45) is 0 Å². The van der Waals surface area contributed by atoms with Crippen molar-refractivity contribution in [3.8, 4) is 11.3 Å². The molecule has 1 fully saturated rings. The maximum absolute atomic E-state index is 11.8. The molecular weight excluding hydrogens is 410 g/mol. The molecule has 1 aliphatic carbocycles. The van der Waals surface area contributed by atoms with Crippen molar-refractivity contribution in [3.63, 3.8) is 0 Å². The molecule has 5 rings (SSSR count). The van der Waals surface area contributed by atoms with Gasteiger partial charge in [0.1, 0.15) is 11.6 Å². The number of hydrogen-bond acceptors (Lipinski definition) is 8. The smallest absolute Gasteiger partial charge is 0.407 e. The van der Waals surface area contributed by atoms with Crippen molar-refractivity contribution in [1.82, 2.24) is 30.3 Å². The zero-order chi connectivity index (χ0) is 22.2. The van der Waals surface area contributed by atoms with Crippen LogP contribution in [0, 0.1) is 0 Å². The van der Waals surface area contributed by atoms with E-state index in [9.17, 15) is 9.90 Å². The SMILES string of the molecule is CC(C)c1noc2c1-c1nc(Nc3ncccc3C3CNCCN3C(=O)O)ncc1CC2. The Hall–Kier alpha value is -3.53. The number of aromatic nitrogens is 4. The van der Waals surface area contributed by atoms with Crippen LogP contribution in [0.25, 0.3) is 11.3 Å². The van der Waals surface area contributed by atoms with Crippen molar-refractivity contribution in [3.05, 3.63) is 47.1 Å². The molecule has 1 amide bonds. The molecule has 3 N–H and O–H groups in total. The van der Waals surface area contributed by atoms with Crippen LogP contribution >= 0.6 is 0 Å². The first-order chi connectivity index (χ1) is 15.5. The molecule has 10 nitrogen and oxygen atoms in total. The second kappa shape index (κ2) is 8.19. The van der Waals surface area contributed by atoms with E-state index in [1.165, 1.54) is 4.90 Å². The number of rotatable bonds is 4. The lowest BCUT2D eigenvalue weighted by Crippen LogP contribution is -2.48. The summed E-state index contributed by atoms with van der Waals surface area (Å²) in [6.07, 6.45) is 4.13. The fraction of sp³-hybridized carbons (Fsp3) is 0.409. The molecule has 2 aliphatic rings. The highest BCUT2D eigenvalue weighted by atomic mass is 16.5. The number of fused-ring (bicyclic) bond motifs is 3. The maximum Gasteiger partial charge on any atom is 0.407 e. The molecule has 10 heteroatoms. The topological polar surface area (TPSA) is 129 Å². The lowest BCUT2D eigenvalue weighted by molar-refractivity contribution is 0.112. The normalized spacial score (nSPS) is 17.7. The number of carboxylic acid groups (broad SMARTS) is 1. The van der Waals surface area contributed by atoms with E-state index in [0.717, 1.165) is 46.7 Å². The molecule has 0 radical (unpaired) electrons. The Labute approximate surface area is 185 Å². The Morgan fingerprint density at radius 3 is 3.03 bits per heavy atom. The van der Waals surface area contributed by atoms with Crippen molar-refractivity contribution >= 4 is 17.9 Å². The molecule has 0 saturated carbocycles. The minimum atomic E-state index is -0.947. The fourth-order valence-electron chi connectivity index (χ4n) is 4.38. The zero-order valence-electron chi connectivity index (χ0n) is 18.0. The van der Waals surface area contributed by atoms with Crippen LogP contribution in [0.2, 0.25) is 0 Å². The van der Waals surface area contributed by atoms with E-state index < -0.39 is 6.09 Å². The van der Waals surface area contributed by atoms with Gasteiger partial charge in [-0.05, 0) is 24.0 Å². The Bertz CT molecular complexity index is 1160. The third-order valence-corrected chi connectivity index (χ3v) is 5.98. The lowest BCUT2D eigenvalue weighted by Gasteiger charge is -2.34. The van der Waals surface area contributed by atoms with Crippen LogP contribution in [0.3, 0.4) is 0 Å². The summed E-state index contributed by atoms with van der Waals surface area (Å²) < 4.78 is 5.58. The number of pyridine rings is 1. The molecule has 32 heavy (non-hydrogen) atoms. The molecular formula is C22H25N7O3. The van der Waals surface area contributed by atoms with E-state index >= 15 is 0 Å². The number of carbonyl (C=O) groups is 1. The van der Waals surface area contributed by atoms with E-state index in [1.807, 2.05) is 12.3 Å². The van der Waals surface area contributed by atoms with E-state index in [2.05, 4.69) is 39.6 Å². The first kappa shape index (κ1) is 20.4. The van der Waals surface area contributed by atoms with Crippen LogP contribution in [0.1, 0.15) is 48.4 Å². The molecule has 166 valence electrons. The van der Waals surface area contributed by atoms with Gasteiger partial charge in [0.2, 0.25) is 5.95 Å². The van der Waals surface area contributed by atoms with Gasteiger partial charge in [0.25, 0.3) is 0 Å². The van der Waals surface area contributed by atoms with Gasteiger partial charge in [0.15, 0.2) is 0 Å². The number of anilines is 2. The monoisotopic (exact) mass is 435 g/mol. The number of nitrogens with one attached hydrogen (secondary N) is 2. The molecule has 1 atom stereocenters. The van der Waals surface area contributed by atoms with E-state index in [-0.39, 0.29) is 12.0 Å². The summed E-state index contributed by atoms with van der Waals surface area (Å²) in [7, 11) is 0. The van der Waals surface area contributed by atoms with E-state index in [4.69, 9.17) is 9.51 Å². The number of amides is 1. The lowest BCUT2D eigenvalue weighted by atomic mass is 9.91. The first-order valence-corrected chi connectivity index (χ1v) is 10.8. The number of piperazine rings is 1. The average molecular weight is 435 g/mol. The molecule has 0 spiro atoms. The molecule has 3 aromatic heterocycles. The van der Waals surface area contributed by atoms with Gasteiger partial charge in [0.05, 0.1) is 23.0 Å². The standard InChI is InChI=1S/C22H25N7O3/c1-12(2)18-17-16(32-28-18)6-5-13-10-25-21(26-19(13)17)27-20-14(4-3-7-24-20)15-11-23-8-9-29(15)22(30)31/h3-4,7,10,12,15,23H,5-6,8-9,11H2,1-2H3,(H,30,31)(H,24,25,26,27). The summed E-state index contributed by atoms with van der Waals surface area (Å²) in [5.74, 6) is 2.01. The summed E-state index contributed by atoms with van der Waals surface area (Å²) >= 11 is 0. The molecule has 4 heterocycles. The quantitative estimate of drug-likeness (QED) is 0.566. The van der Waals surface area contributed by atoms with Crippen molar-refractivity contribution < 1.29 is 14.4 Å². The predicted octanol–water partition coefficient (Wildman–Crippen LogP) is 3.12. The van der Waals surface area contributed by atoms with Crippen LogP contribution in [-0.4, -0.2) is 55.8 Å². The Kier molecular flexibility index (Phi) is 5.22. The Morgan fingerprint density at radius 1 is 1.34 bits per heavy atom. The second-order valence-electron chi connectivity index (χ2n) is 8.35. The second-order valence-corrected chi connectivity index (χ2v) is 8.35. The molecule has 3 aromatic rings. The summed E-state index contributed by atoms with van der Waals surface area (Å²) in [4.78, 5) is 27.0. The summed E-state index contributed by atoms with van der Waals surface area (Å²) in [6.45, 7) is 5.72. The van der Waals surface area contributed by atoms with Gasteiger partial charge in [0, 0.05) is 44.0 Å². The van der Waals surface area contributed by atoms with E-state index in [1.54, 1.807) is 12.3 Å². The van der Waals surface area contributed by atoms with Gasteiger partial charge in [-0.3, -0.25) is 4.90 Å². The van der Waals surface area contributed by atoms with Gasteiger partial charge in [-0.25, -0.2) is 19.7 Å². The van der Waals surface area contributed by atoms with Crippen LogP contribution in [0.15, 0.2) is 29.0 Å². The third-order valence-electron chi connectivity index (χ3n) is 5.98. The van der Waals surface area contributed by atoms with Crippen LogP contribution < -0.4 is 10.6 Å². The summed E-state index contributed by atoms with van der Waals surface area (Å²) in [5.41, 5.74) is 4.52. The number of nitrogens with zero attached hydrogens (tertiary/aromatic N) is 5. The van der Waals surface area contributed by atoms with Crippen LogP contribution in [0.4, 0.5) is 16.6 Å². The van der Waals surface area contributed by atoms with Gasteiger partial charge in [-0.2, -0.15) is 0 Å². The Morgan fingerprint density at radius 2 is 2.22 bits per heavy atom. The molecule has 1 saturated heterocycles. The highest BCUT2D eigenvalue weighted by molar-refractivity contribution is 5.72. The zero-order valence-corrected chi connectivity index (χ0v) is 18.0. The van der Waals surface area contributed by atoms with Crippen LogP contribution in [-0.2, 0) is 12.8 Å². The van der Waals surface area contributed by atoms with Crippen molar-refractivity contribution in [2.75, 3.05) is 25.0 Å². The van der Waals surface area contributed by atoms with Gasteiger partial charge in [-0.15, -0.1) is 0 Å². The number of hydrogen-bond donors (Lipinski definition) is 3. The Balaban J connectivity index is 1.50. The molecule has 1 aliphatic heterocycles. The third kappa shape index (κ3) is 3.56. The maximum atomic E-state index is 11.8. The fourth-order valence-corrected chi connectivity index (χ4v) is 4.38. The summed E-state index contributed by atoms with van der Waals surface area (Å²) in [5, 5.41) is 20.4. The van der Waals surface area contributed by atoms with Gasteiger partial charge in [-0.1, -0.05) is 25.1 Å². The van der Waals surface area contributed by atoms with Gasteiger partial charge >= 0.3 is 6.09 Å². The highest BCUT2D eigenvalue weighted by Crippen LogP contribution is 2.38. The minimum absolute atomic E-state index is 0.211. The summed E-state index contributed by atoms with van der Waals surface area (Å²) in [6, 6.07) is 3.34. The largest absolute Gasteiger partial charge is 0.465 e. The predicted molar refractivity (Wildman–Crippen MR) is 117 cm³/mol. The number of aryl methyl sites for hydroxylation is 2.